The van der Waals surface area contributed by atoms with Gasteiger partial charge in [-0.15, -0.1) is 0 Å². The minimum Gasteiger partial charge on any atom is -0.484 e. The van der Waals surface area contributed by atoms with E-state index in [1.54, 1.807) is 11.3 Å². The average Bonchev–Trinajstić information content (AvgIpc) is 3.25. The first-order valence-corrected chi connectivity index (χ1v) is 8.68. The lowest BCUT2D eigenvalue weighted by Crippen LogP contribution is -2.31. The summed E-state index contributed by atoms with van der Waals surface area (Å²) >= 11 is 1.65. The molecule has 0 unspecified atom stereocenters. The van der Waals surface area contributed by atoms with Gasteiger partial charge in [-0.05, 0) is 36.1 Å². The van der Waals surface area contributed by atoms with E-state index in [0.29, 0.717) is 13.1 Å². The number of rotatable bonds is 7. The first-order chi connectivity index (χ1) is 11.7. The Bertz CT molecular complexity index is 796. The van der Waals surface area contributed by atoms with Crippen LogP contribution in [-0.4, -0.2) is 28.8 Å². The zero-order valence-corrected chi connectivity index (χ0v) is 14.3. The summed E-state index contributed by atoms with van der Waals surface area (Å²) in [6, 6.07) is 11.7. The van der Waals surface area contributed by atoms with Crippen molar-refractivity contribution in [2.24, 2.45) is 0 Å². The van der Waals surface area contributed by atoms with E-state index in [9.17, 15) is 4.79 Å². The summed E-state index contributed by atoms with van der Waals surface area (Å²) in [5.41, 5.74) is 3.09. The van der Waals surface area contributed by atoms with Gasteiger partial charge in [-0.1, -0.05) is 18.2 Å². The number of hydrogen-bond donors (Lipinski definition) is 1. The number of carbonyl (C=O) groups is 1. The van der Waals surface area contributed by atoms with Gasteiger partial charge in [0.05, 0.1) is 12.2 Å². The third kappa shape index (κ3) is 4.23. The van der Waals surface area contributed by atoms with E-state index in [-0.39, 0.29) is 12.5 Å². The Labute approximate surface area is 144 Å². The van der Waals surface area contributed by atoms with Crippen molar-refractivity contribution in [1.29, 1.82) is 0 Å². The molecule has 124 valence electrons. The first kappa shape index (κ1) is 16.3. The molecule has 0 spiro atoms. The Balaban J connectivity index is 1.41. The molecule has 0 radical (unpaired) electrons. The summed E-state index contributed by atoms with van der Waals surface area (Å²) in [5.74, 6) is 0.601. The standard InChI is InChI=1S/C18H19N3O2S/c1-14-4-2-3-5-17(14)23-12-18(22)19-8-10-21-9-6-16(20-21)15-7-11-24-13-15/h2-7,9,11,13H,8,10,12H2,1H3,(H,19,22). The van der Waals surface area contributed by atoms with Gasteiger partial charge in [0.1, 0.15) is 5.75 Å². The molecule has 3 rings (SSSR count). The highest BCUT2D eigenvalue weighted by Gasteiger charge is 2.05. The van der Waals surface area contributed by atoms with Crippen molar-refractivity contribution in [3.8, 4) is 17.0 Å². The van der Waals surface area contributed by atoms with E-state index in [1.807, 2.05) is 59.6 Å². The summed E-state index contributed by atoms with van der Waals surface area (Å²) in [6.45, 7) is 3.11. The molecule has 3 aromatic rings. The monoisotopic (exact) mass is 341 g/mol. The molecule has 0 atom stereocenters. The van der Waals surface area contributed by atoms with Crippen molar-refractivity contribution in [2.45, 2.75) is 13.5 Å². The highest BCUT2D eigenvalue weighted by Crippen LogP contribution is 2.19. The van der Waals surface area contributed by atoms with Crippen LogP contribution in [0.2, 0.25) is 0 Å². The number of amides is 1. The van der Waals surface area contributed by atoms with E-state index in [0.717, 1.165) is 22.6 Å². The molecule has 0 bridgehead atoms. The molecule has 1 amide bonds. The minimum absolute atomic E-state index is 0.0180. The second kappa shape index (κ2) is 7.79. The van der Waals surface area contributed by atoms with Crippen LogP contribution in [0.3, 0.4) is 0 Å². The Kier molecular flexibility index (Phi) is 5.28. The van der Waals surface area contributed by atoms with Gasteiger partial charge in [0.25, 0.3) is 5.91 Å². The Morgan fingerprint density at radius 1 is 1.29 bits per heavy atom. The number of aromatic nitrogens is 2. The van der Waals surface area contributed by atoms with Crippen LogP contribution in [0, 0.1) is 6.92 Å². The van der Waals surface area contributed by atoms with E-state index < -0.39 is 0 Å². The summed E-state index contributed by atoms with van der Waals surface area (Å²) in [6.07, 6.45) is 1.92. The maximum atomic E-state index is 11.8. The summed E-state index contributed by atoms with van der Waals surface area (Å²) < 4.78 is 7.35. The van der Waals surface area contributed by atoms with Crippen molar-refractivity contribution in [2.75, 3.05) is 13.2 Å². The molecule has 24 heavy (non-hydrogen) atoms. The first-order valence-electron chi connectivity index (χ1n) is 7.73. The molecule has 0 aliphatic carbocycles. The number of nitrogens with zero attached hydrogens (tertiary/aromatic N) is 2. The van der Waals surface area contributed by atoms with Crippen molar-refractivity contribution in [3.05, 3.63) is 58.9 Å². The third-order valence-electron chi connectivity index (χ3n) is 3.57. The van der Waals surface area contributed by atoms with Crippen LogP contribution in [0.4, 0.5) is 0 Å². The van der Waals surface area contributed by atoms with Gasteiger partial charge in [0.2, 0.25) is 0 Å². The molecule has 0 saturated heterocycles. The number of thiophene rings is 1. The van der Waals surface area contributed by atoms with E-state index in [4.69, 9.17) is 4.74 Å². The van der Waals surface area contributed by atoms with Gasteiger partial charge < -0.3 is 10.1 Å². The van der Waals surface area contributed by atoms with Crippen LogP contribution in [0.15, 0.2) is 53.4 Å². The zero-order chi connectivity index (χ0) is 16.8. The number of benzene rings is 1. The van der Waals surface area contributed by atoms with Crippen molar-refractivity contribution in [1.82, 2.24) is 15.1 Å². The van der Waals surface area contributed by atoms with Gasteiger partial charge in [-0.25, -0.2) is 0 Å². The molecule has 6 heteroatoms. The van der Waals surface area contributed by atoms with Crippen LogP contribution >= 0.6 is 11.3 Å². The van der Waals surface area contributed by atoms with Crippen molar-refractivity contribution >= 4 is 17.2 Å². The number of carbonyl (C=O) groups excluding carboxylic acids is 1. The maximum absolute atomic E-state index is 11.8. The molecule has 1 N–H and O–H groups in total. The number of hydrogen-bond acceptors (Lipinski definition) is 4. The van der Waals surface area contributed by atoms with Crippen LogP contribution < -0.4 is 10.1 Å². The van der Waals surface area contributed by atoms with Crippen molar-refractivity contribution in [3.63, 3.8) is 0 Å². The average molecular weight is 341 g/mol. The van der Waals surface area contributed by atoms with Crippen LogP contribution in [0.5, 0.6) is 5.75 Å². The van der Waals surface area contributed by atoms with Gasteiger partial charge in [-0.2, -0.15) is 16.4 Å². The Morgan fingerprint density at radius 3 is 2.96 bits per heavy atom. The van der Waals surface area contributed by atoms with E-state index in [1.165, 1.54) is 0 Å². The number of aryl methyl sites for hydroxylation is 1. The molecule has 2 aromatic heterocycles. The lowest BCUT2D eigenvalue weighted by Gasteiger charge is -2.09. The van der Waals surface area contributed by atoms with Crippen LogP contribution in [0.1, 0.15) is 5.56 Å². The van der Waals surface area contributed by atoms with Gasteiger partial charge in [-0.3, -0.25) is 9.48 Å². The molecule has 0 fully saturated rings. The summed E-state index contributed by atoms with van der Waals surface area (Å²) in [5, 5.41) is 11.4. The lowest BCUT2D eigenvalue weighted by molar-refractivity contribution is -0.123. The third-order valence-corrected chi connectivity index (χ3v) is 4.26. The highest BCUT2D eigenvalue weighted by molar-refractivity contribution is 7.08. The van der Waals surface area contributed by atoms with Gasteiger partial charge in [0.15, 0.2) is 6.61 Å². The molecule has 0 aliphatic heterocycles. The second-order valence-electron chi connectivity index (χ2n) is 5.38. The highest BCUT2D eigenvalue weighted by atomic mass is 32.1. The zero-order valence-electron chi connectivity index (χ0n) is 13.4. The summed E-state index contributed by atoms with van der Waals surface area (Å²) in [7, 11) is 0. The Morgan fingerprint density at radius 2 is 2.17 bits per heavy atom. The molecule has 5 nitrogen and oxygen atoms in total. The smallest absolute Gasteiger partial charge is 0.258 e. The summed E-state index contributed by atoms with van der Waals surface area (Å²) in [4.78, 5) is 11.8. The fraction of sp³-hybridized carbons (Fsp3) is 0.222. The Hall–Kier alpha value is -2.60. The van der Waals surface area contributed by atoms with E-state index >= 15 is 0 Å². The van der Waals surface area contributed by atoms with Crippen molar-refractivity contribution < 1.29 is 9.53 Å². The minimum atomic E-state index is -0.136. The molecule has 2 heterocycles. The van der Waals surface area contributed by atoms with Gasteiger partial charge in [0, 0.05) is 23.7 Å². The normalized spacial score (nSPS) is 10.5. The fourth-order valence-corrected chi connectivity index (χ4v) is 2.92. The van der Waals surface area contributed by atoms with Crippen LogP contribution in [-0.2, 0) is 11.3 Å². The predicted molar refractivity (Wildman–Crippen MR) is 95.2 cm³/mol. The van der Waals surface area contributed by atoms with Crippen LogP contribution in [0.25, 0.3) is 11.3 Å². The SMILES string of the molecule is Cc1ccccc1OCC(=O)NCCn1ccc(-c2ccsc2)n1. The molecule has 0 saturated carbocycles. The second-order valence-corrected chi connectivity index (χ2v) is 6.16. The number of nitrogens with one attached hydrogen (secondary N) is 1. The molecule has 1 aromatic carbocycles. The molecular weight excluding hydrogens is 322 g/mol. The van der Waals surface area contributed by atoms with E-state index in [2.05, 4.69) is 15.8 Å². The molecule has 0 aliphatic rings. The fourth-order valence-electron chi connectivity index (χ4n) is 2.27. The largest absolute Gasteiger partial charge is 0.484 e. The quantitative estimate of drug-likeness (QED) is 0.718. The molecular formula is C18H19N3O2S. The van der Waals surface area contributed by atoms with Gasteiger partial charge >= 0.3 is 0 Å². The number of para-hydroxylation sites is 1. The topological polar surface area (TPSA) is 56.1 Å². The maximum Gasteiger partial charge on any atom is 0.258 e. The predicted octanol–water partition coefficient (Wildman–Crippen LogP) is 3.12. The lowest BCUT2D eigenvalue weighted by atomic mass is 10.2. The number of ether oxygens (including phenoxy) is 1.